The Morgan fingerprint density at radius 1 is 1.04 bits per heavy atom. The molecule has 0 aliphatic carbocycles. The van der Waals surface area contributed by atoms with Gasteiger partial charge in [0.15, 0.2) is 16.6 Å². The maximum Gasteiger partial charge on any atom is 0.231 e. The van der Waals surface area contributed by atoms with Crippen molar-refractivity contribution in [3.8, 4) is 11.5 Å². The Balaban J connectivity index is 1.36. The number of nitrogens with one attached hydrogen (secondary N) is 1. The molecule has 26 heavy (non-hydrogen) atoms. The minimum Gasteiger partial charge on any atom is -0.454 e. The largest absolute Gasteiger partial charge is 0.454 e. The van der Waals surface area contributed by atoms with Crippen LogP contribution in [0.2, 0.25) is 0 Å². The third-order valence-corrected chi connectivity index (χ3v) is 4.98. The van der Waals surface area contributed by atoms with Crippen molar-refractivity contribution in [3.05, 3.63) is 41.6 Å². The Kier molecular flexibility index (Phi) is 4.55. The number of aryl methyl sites for hydroxylation is 2. The predicted molar refractivity (Wildman–Crippen MR) is 106 cm³/mol. The van der Waals surface area contributed by atoms with Crippen molar-refractivity contribution >= 4 is 28.8 Å². The van der Waals surface area contributed by atoms with E-state index in [-0.39, 0.29) is 0 Å². The van der Waals surface area contributed by atoms with E-state index >= 15 is 0 Å². The van der Waals surface area contributed by atoms with Crippen molar-refractivity contribution in [2.24, 2.45) is 0 Å². The van der Waals surface area contributed by atoms with Crippen molar-refractivity contribution in [1.29, 1.82) is 0 Å². The number of benzene rings is 1. The van der Waals surface area contributed by atoms with Crippen LogP contribution in [-0.2, 0) is 0 Å². The maximum absolute atomic E-state index is 5.58. The molecule has 0 unspecified atom stereocenters. The van der Waals surface area contributed by atoms with Crippen molar-refractivity contribution < 1.29 is 9.47 Å². The lowest BCUT2D eigenvalue weighted by Gasteiger charge is -2.37. The minimum atomic E-state index is 0.305. The van der Waals surface area contributed by atoms with E-state index in [1.165, 1.54) is 5.56 Å². The molecule has 6 nitrogen and oxygen atoms in total. The van der Waals surface area contributed by atoms with Crippen LogP contribution in [0.5, 0.6) is 11.5 Å². The summed E-state index contributed by atoms with van der Waals surface area (Å²) in [4.78, 5) is 9.04. The average Bonchev–Trinajstić information content (AvgIpc) is 3.08. The first-order chi connectivity index (χ1) is 12.6. The summed E-state index contributed by atoms with van der Waals surface area (Å²) in [6, 6.07) is 10.2. The van der Waals surface area contributed by atoms with Crippen LogP contribution in [0.3, 0.4) is 0 Å². The van der Waals surface area contributed by atoms with Crippen LogP contribution < -0.4 is 19.7 Å². The van der Waals surface area contributed by atoms with E-state index in [0.717, 1.165) is 60.0 Å². The number of ether oxygens (including phenoxy) is 2. The lowest BCUT2D eigenvalue weighted by atomic mass is 10.2. The second-order valence-electron chi connectivity index (χ2n) is 6.61. The molecule has 0 bridgehead atoms. The number of piperazine rings is 1. The molecule has 4 rings (SSSR count). The highest BCUT2D eigenvalue weighted by Crippen LogP contribution is 2.35. The van der Waals surface area contributed by atoms with Crippen molar-refractivity contribution in [1.82, 2.24) is 9.88 Å². The van der Waals surface area contributed by atoms with E-state index in [0.29, 0.717) is 6.79 Å². The summed E-state index contributed by atoms with van der Waals surface area (Å²) in [7, 11) is 0. The summed E-state index contributed by atoms with van der Waals surface area (Å²) in [6.07, 6.45) is 0. The van der Waals surface area contributed by atoms with E-state index in [9.17, 15) is 0 Å². The molecule has 7 heteroatoms. The normalized spacial score (nSPS) is 15.9. The molecule has 0 atom stereocenters. The first kappa shape index (κ1) is 16.9. The van der Waals surface area contributed by atoms with Gasteiger partial charge in [0.1, 0.15) is 5.82 Å². The van der Waals surface area contributed by atoms with Crippen molar-refractivity contribution in [3.63, 3.8) is 0 Å². The van der Waals surface area contributed by atoms with Crippen molar-refractivity contribution in [2.75, 3.05) is 43.2 Å². The lowest BCUT2D eigenvalue weighted by molar-refractivity contribution is 0.174. The Bertz CT molecular complexity index is 814. The molecule has 1 N–H and O–H groups in total. The zero-order chi connectivity index (χ0) is 18.1. The number of hydrogen-bond donors (Lipinski definition) is 1. The summed E-state index contributed by atoms with van der Waals surface area (Å²) in [5.74, 6) is 2.45. The second kappa shape index (κ2) is 6.99. The molecule has 2 aromatic rings. The van der Waals surface area contributed by atoms with Crippen LogP contribution in [0.1, 0.15) is 11.3 Å². The highest BCUT2D eigenvalue weighted by molar-refractivity contribution is 7.80. The van der Waals surface area contributed by atoms with Crippen LogP contribution in [0.4, 0.5) is 11.5 Å². The van der Waals surface area contributed by atoms with E-state index < -0.39 is 0 Å². The van der Waals surface area contributed by atoms with Crippen molar-refractivity contribution in [2.45, 2.75) is 13.8 Å². The Hall–Kier alpha value is -2.54. The molecule has 0 spiro atoms. The van der Waals surface area contributed by atoms with E-state index in [2.05, 4.69) is 39.2 Å². The number of rotatable bonds is 2. The summed E-state index contributed by atoms with van der Waals surface area (Å²) in [5, 5.41) is 4.00. The molecular weight excluding hydrogens is 348 g/mol. The van der Waals surface area contributed by atoms with Gasteiger partial charge >= 0.3 is 0 Å². The molecule has 3 heterocycles. The monoisotopic (exact) mass is 370 g/mol. The van der Waals surface area contributed by atoms with E-state index in [1.807, 2.05) is 25.1 Å². The van der Waals surface area contributed by atoms with Crippen LogP contribution in [-0.4, -0.2) is 48.0 Å². The summed E-state index contributed by atoms with van der Waals surface area (Å²) in [6.45, 7) is 7.90. The molecule has 1 saturated heterocycles. The Morgan fingerprint density at radius 3 is 2.58 bits per heavy atom. The fourth-order valence-electron chi connectivity index (χ4n) is 3.34. The zero-order valence-corrected chi connectivity index (χ0v) is 15.8. The van der Waals surface area contributed by atoms with Crippen LogP contribution in [0.25, 0.3) is 0 Å². The number of hydrogen-bond acceptors (Lipinski definition) is 5. The van der Waals surface area contributed by atoms with Gasteiger partial charge in [-0.05, 0) is 55.9 Å². The number of nitrogens with zero attached hydrogens (tertiary/aromatic N) is 3. The van der Waals surface area contributed by atoms with Gasteiger partial charge in [0.2, 0.25) is 6.79 Å². The topological polar surface area (TPSA) is 49.9 Å². The van der Waals surface area contributed by atoms with Gasteiger partial charge in [-0.2, -0.15) is 0 Å². The average molecular weight is 370 g/mol. The number of thiocarbonyl (C=S) groups is 1. The highest BCUT2D eigenvalue weighted by atomic mass is 32.1. The van der Waals surface area contributed by atoms with Gasteiger partial charge in [-0.1, -0.05) is 0 Å². The van der Waals surface area contributed by atoms with Crippen LogP contribution in [0, 0.1) is 13.8 Å². The van der Waals surface area contributed by atoms with Gasteiger partial charge < -0.3 is 24.6 Å². The maximum atomic E-state index is 5.58. The molecular formula is C19H22N4O2S. The second-order valence-corrected chi connectivity index (χ2v) is 7.00. The van der Waals surface area contributed by atoms with Gasteiger partial charge in [0.05, 0.1) is 0 Å². The summed E-state index contributed by atoms with van der Waals surface area (Å²) >= 11 is 5.58. The van der Waals surface area contributed by atoms with E-state index in [1.54, 1.807) is 0 Å². The minimum absolute atomic E-state index is 0.305. The number of pyridine rings is 1. The van der Waals surface area contributed by atoms with Crippen LogP contribution >= 0.6 is 12.2 Å². The molecule has 1 fully saturated rings. The first-order valence-electron chi connectivity index (χ1n) is 8.74. The third-order valence-electron chi connectivity index (χ3n) is 4.62. The Labute approximate surface area is 158 Å². The smallest absolute Gasteiger partial charge is 0.231 e. The molecule has 0 amide bonds. The molecule has 1 aromatic carbocycles. The van der Waals surface area contributed by atoms with E-state index in [4.69, 9.17) is 21.7 Å². The first-order valence-corrected chi connectivity index (χ1v) is 9.15. The molecule has 0 radical (unpaired) electrons. The van der Waals surface area contributed by atoms with Gasteiger partial charge in [0.25, 0.3) is 0 Å². The predicted octanol–water partition coefficient (Wildman–Crippen LogP) is 2.95. The van der Waals surface area contributed by atoms with Crippen LogP contribution in [0.15, 0.2) is 30.3 Å². The lowest BCUT2D eigenvalue weighted by Crippen LogP contribution is -2.50. The zero-order valence-electron chi connectivity index (χ0n) is 15.0. The SMILES string of the molecule is Cc1cc(C)nc(NC(=S)N2CCN(c3ccc4c(c3)OCO4)CC2)c1. The van der Waals surface area contributed by atoms with Gasteiger partial charge in [-0.3, -0.25) is 0 Å². The highest BCUT2D eigenvalue weighted by Gasteiger charge is 2.21. The van der Waals surface area contributed by atoms with Gasteiger partial charge in [-0.15, -0.1) is 0 Å². The fourth-order valence-corrected chi connectivity index (χ4v) is 3.63. The quantitative estimate of drug-likeness (QED) is 0.816. The van der Waals surface area contributed by atoms with Gasteiger partial charge in [-0.25, -0.2) is 4.98 Å². The van der Waals surface area contributed by atoms with Gasteiger partial charge in [0, 0.05) is 43.6 Å². The molecule has 1 aromatic heterocycles. The molecule has 2 aliphatic heterocycles. The third kappa shape index (κ3) is 3.53. The summed E-state index contributed by atoms with van der Waals surface area (Å²) < 4.78 is 10.9. The standard InChI is InChI=1S/C19H22N4O2S/c1-13-9-14(2)20-18(10-13)21-19(26)23-7-5-22(6-8-23)15-3-4-16-17(11-15)25-12-24-16/h3-4,9-11H,5-8,12H2,1-2H3,(H,20,21,26). The fraction of sp³-hybridized carbons (Fsp3) is 0.368. The number of aromatic nitrogens is 1. The summed E-state index contributed by atoms with van der Waals surface area (Å²) in [5.41, 5.74) is 3.32. The Morgan fingerprint density at radius 2 is 1.81 bits per heavy atom. The molecule has 136 valence electrons. The molecule has 0 saturated carbocycles. The number of fused-ring (bicyclic) bond motifs is 1. The number of anilines is 2. The molecule has 2 aliphatic rings.